The number of aryl methyl sites for hydroxylation is 2. The fourth-order valence-electron chi connectivity index (χ4n) is 4.64. The van der Waals surface area contributed by atoms with E-state index in [1.54, 1.807) is 7.11 Å². The number of benzene rings is 2. The normalized spacial score (nSPS) is 13.9. The van der Waals surface area contributed by atoms with Crippen LogP contribution in [0.4, 0.5) is 5.69 Å². The van der Waals surface area contributed by atoms with Gasteiger partial charge in [0.2, 0.25) is 0 Å². The summed E-state index contributed by atoms with van der Waals surface area (Å²) in [5, 5.41) is 1.45. The molecule has 2 unspecified atom stereocenters. The molecule has 0 aromatic heterocycles. The van der Waals surface area contributed by atoms with Gasteiger partial charge in [0, 0.05) is 37.6 Å². The van der Waals surface area contributed by atoms with Gasteiger partial charge in [-0.25, -0.2) is 0 Å². The lowest BCUT2D eigenvalue weighted by Gasteiger charge is -2.38. The topological polar surface area (TPSA) is 21.7 Å². The molecule has 0 spiro atoms. The van der Waals surface area contributed by atoms with Crippen molar-refractivity contribution in [2.24, 2.45) is 0 Å². The highest BCUT2D eigenvalue weighted by Gasteiger charge is 2.36. The molecule has 2 atom stereocenters. The highest BCUT2D eigenvalue weighted by atomic mass is 31.1. The Morgan fingerprint density at radius 1 is 0.971 bits per heavy atom. The van der Waals surface area contributed by atoms with Gasteiger partial charge in [0.1, 0.15) is 5.75 Å². The molecule has 34 heavy (non-hydrogen) atoms. The first-order chi connectivity index (χ1) is 16.0. The van der Waals surface area contributed by atoms with Crippen LogP contribution in [0.5, 0.6) is 5.75 Å². The Kier molecular flexibility index (Phi) is 10.5. The van der Waals surface area contributed by atoms with Crippen LogP contribution in [0.3, 0.4) is 0 Å². The molecule has 3 nitrogen and oxygen atoms in total. The summed E-state index contributed by atoms with van der Waals surface area (Å²) in [6, 6.07) is 11.7. The molecule has 0 aliphatic rings. The molecule has 2 aromatic rings. The maximum Gasteiger partial charge on any atom is 0.188 e. The Morgan fingerprint density at radius 2 is 1.68 bits per heavy atom. The van der Waals surface area contributed by atoms with Crippen molar-refractivity contribution in [2.75, 3.05) is 32.9 Å². The van der Waals surface area contributed by atoms with Crippen LogP contribution < -0.4 is 14.9 Å². The van der Waals surface area contributed by atoms with E-state index in [9.17, 15) is 0 Å². The van der Waals surface area contributed by atoms with Gasteiger partial charge in [-0.1, -0.05) is 86.7 Å². The minimum Gasteiger partial charge on any atom is -0.467 e. The van der Waals surface area contributed by atoms with Gasteiger partial charge in [-0.05, 0) is 60.2 Å². The zero-order valence-electron chi connectivity index (χ0n) is 23.4. The quantitative estimate of drug-likeness (QED) is 0.174. The maximum atomic E-state index is 6.31. The van der Waals surface area contributed by atoms with E-state index >= 15 is 0 Å². The van der Waals surface area contributed by atoms with E-state index in [-0.39, 0.29) is 17.4 Å². The van der Waals surface area contributed by atoms with Crippen LogP contribution in [-0.2, 0) is 15.3 Å². The molecule has 0 amide bonds. The van der Waals surface area contributed by atoms with Gasteiger partial charge in [-0.15, -0.1) is 0 Å². The average molecular weight is 486 g/mol. The maximum absolute atomic E-state index is 6.31. The summed E-state index contributed by atoms with van der Waals surface area (Å²) >= 11 is 0. The number of hydrogen-bond donors (Lipinski definition) is 0. The van der Waals surface area contributed by atoms with E-state index < -0.39 is 0 Å². The molecule has 0 saturated carbocycles. The van der Waals surface area contributed by atoms with E-state index in [0.29, 0.717) is 8.58 Å². The van der Waals surface area contributed by atoms with Gasteiger partial charge in [-0.3, -0.25) is 0 Å². The number of anilines is 1. The molecule has 0 aliphatic heterocycles. The zero-order chi connectivity index (χ0) is 25.5. The van der Waals surface area contributed by atoms with Gasteiger partial charge in [0.05, 0.1) is 0 Å². The van der Waals surface area contributed by atoms with Crippen molar-refractivity contribution in [3.05, 3.63) is 52.6 Å². The minimum absolute atomic E-state index is 0.0181. The molecule has 0 N–H and O–H groups in total. The number of nitrogens with zero attached hydrogens (tertiary/aromatic N) is 1. The van der Waals surface area contributed by atoms with Gasteiger partial charge in [-0.2, -0.15) is 0 Å². The van der Waals surface area contributed by atoms with E-state index in [4.69, 9.17) is 9.47 Å². The fraction of sp³-hybridized carbons (Fsp3) is 0.600. The predicted octanol–water partition coefficient (Wildman–Crippen LogP) is 7.84. The van der Waals surface area contributed by atoms with Gasteiger partial charge in [0.25, 0.3) is 0 Å². The summed E-state index contributed by atoms with van der Waals surface area (Å²) in [7, 11) is 6.67. The van der Waals surface area contributed by atoms with Crippen molar-refractivity contribution < 1.29 is 9.47 Å². The number of unbranched alkanes of at least 4 members (excludes halogenated alkanes) is 2. The third-order valence-corrected chi connectivity index (χ3v) is 8.84. The van der Waals surface area contributed by atoms with Crippen molar-refractivity contribution in [2.45, 2.75) is 91.1 Å². The Bertz CT molecular complexity index is 932. The first-order valence-electron chi connectivity index (χ1n) is 12.8. The average Bonchev–Trinajstić information content (AvgIpc) is 2.77. The second kappa shape index (κ2) is 12.4. The van der Waals surface area contributed by atoms with E-state index in [1.807, 2.05) is 0 Å². The van der Waals surface area contributed by atoms with Crippen LogP contribution in [0, 0.1) is 13.8 Å². The molecule has 0 aliphatic carbocycles. The lowest BCUT2D eigenvalue weighted by molar-refractivity contribution is 0.0493. The second-order valence-corrected chi connectivity index (χ2v) is 12.6. The Balaban J connectivity index is 2.78. The summed E-state index contributed by atoms with van der Waals surface area (Å²) < 4.78 is 11.7. The van der Waals surface area contributed by atoms with E-state index in [0.717, 1.165) is 18.6 Å². The molecular weight excluding hydrogens is 437 g/mol. The molecule has 2 rings (SSSR count). The minimum atomic E-state index is 0.0181. The van der Waals surface area contributed by atoms with Crippen LogP contribution in [0.25, 0.3) is 0 Å². The summed E-state index contributed by atoms with van der Waals surface area (Å²) in [5.41, 5.74) is 6.64. The SMILES string of the molecule is CCCCCC(CC)(Pc1ccc(C)cc1N(C)C)c1cc(C(C)(C)C)cc(C)c1OCOC. The van der Waals surface area contributed by atoms with Crippen molar-refractivity contribution in [3.63, 3.8) is 0 Å². The van der Waals surface area contributed by atoms with Crippen molar-refractivity contribution in [3.8, 4) is 5.75 Å². The molecule has 0 fully saturated rings. The monoisotopic (exact) mass is 485 g/mol. The second-order valence-electron chi connectivity index (χ2n) is 10.9. The van der Waals surface area contributed by atoms with Crippen LogP contribution in [0.1, 0.15) is 89.0 Å². The lowest BCUT2D eigenvalue weighted by Crippen LogP contribution is -2.27. The van der Waals surface area contributed by atoms with Crippen LogP contribution >= 0.6 is 8.58 Å². The summed E-state index contributed by atoms with van der Waals surface area (Å²) in [4.78, 5) is 2.26. The zero-order valence-corrected chi connectivity index (χ0v) is 24.4. The van der Waals surface area contributed by atoms with Crippen molar-refractivity contribution in [1.82, 2.24) is 0 Å². The third-order valence-electron chi connectivity index (χ3n) is 6.80. The summed E-state index contributed by atoms with van der Waals surface area (Å²) in [6.45, 7) is 16.2. The van der Waals surface area contributed by atoms with Crippen LogP contribution in [0.15, 0.2) is 30.3 Å². The molecule has 0 heterocycles. The fourth-order valence-corrected chi connectivity index (χ4v) is 6.55. The Labute approximate surface area is 211 Å². The number of methoxy groups -OCH3 is 1. The molecule has 4 heteroatoms. The highest BCUT2D eigenvalue weighted by Crippen LogP contribution is 2.53. The number of rotatable bonds is 12. The smallest absolute Gasteiger partial charge is 0.188 e. The lowest BCUT2D eigenvalue weighted by atomic mass is 9.80. The largest absolute Gasteiger partial charge is 0.467 e. The predicted molar refractivity (Wildman–Crippen MR) is 152 cm³/mol. The molecule has 0 saturated heterocycles. The summed E-state index contributed by atoms with van der Waals surface area (Å²) in [5.74, 6) is 1.01. The molecule has 190 valence electrons. The number of ether oxygens (including phenoxy) is 2. The standard InChI is InChI=1S/C30H48NO2P/c1-11-13-14-17-30(12-2,34-27-16-15-22(3)18-26(27)31(8)9)25-20-24(29(5,6)7)19-23(4)28(25)33-21-32-10/h15-16,18-20,34H,11-14,17,21H2,1-10H3. The Hall–Kier alpha value is -1.57. The first-order valence-corrected chi connectivity index (χ1v) is 13.8. The Morgan fingerprint density at radius 3 is 2.24 bits per heavy atom. The first kappa shape index (κ1) is 28.7. The molecular formula is C30H48NO2P. The van der Waals surface area contributed by atoms with Crippen LogP contribution in [-0.4, -0.2) is 28.0 Å². The third kappa shape index (κ3) is 6.98. The van der Waals surface area contributed by atoms with Gasteiger partial charge >= 0.3 is 0 Å². The van der Waals surface area contributed by atoms with Crippen molar-refractivity contribution >= 4 is 19.6 Å². The molecule has 0 radical (unpaired) electrons. The highest BCUT2D eigenvalue weighted by molar-refractivity contribution is 7.49. The van der Waals surface area contributed by atoms with Crippen molar-refractivity contribution in [1.29, 1.82) is 0 Å². The molecule has 2 aromatic carbocycles. The summed E-state index contributed by atoms with van der Waals surface area (Å²) in [6.07, 6.45) is 5.94. The van der Waals surface area contributed by atoms with Gasteiger partial charge < -0.3 is 14.4 Å². The van der Waals surface area contributed by atoms with E-state index in [1.165, 1.54) is 52.5 Å². The van der Waals surface area contributed by atoms with Gasteiger partial charge in [0.15, 0.2) is 6.79 Å². The van der Waals surface area contributed by atoms with E-state index in [2.05, 4.69) is 97.8 Å². The molecule has 0 bridgehead atoms. The number of hydrogen-bond acceptors (Lipinski definition) is 3. The van der Waals surface area contributed by atoms with Crippen LogP contribution in [0.2, 0.25) is 0 Å².